The number of ether oxygens (including phenoxy) is 2. The molecule has 1 heterocycles. The number of hydrogen-bond donors (Lipinski definition) is 0. The minimum Gasteiger partial charge on any atom is -0.374 e. The number of aromatic nitrogens is 2. The lowest BCUT2D eigenvalue weighted by Crippen LogP contribution is -2.46. The molecule has 1 aromatic heterocycles. The van der Waals surface area contributed by atoms with E-state index in [1.807, 2.05) is 0 Å². The Morgan fingerprint density at radius 1 is 1.00 bits per heavy atom. The Labute approximate surface area is 213 Å². The van der Waals surface area contributed by atoms with Crippen LogP contribution in [0.25, 0.3) is 0 Å². The van der Waals surface area contributed by atoms with Gasteiger partial charge in [-0.05, 0) is 29.8 Å². The predicted molar refractivity (Wildman–Crippen MR) is 123 cm³/mol. The number of benzene rings is 2. The molecule has 0 saturated carbocycles. The molecule has 186 valence electrons. The van der Waals surface area contributed by atoms with Crippen molar-refractivity contribution in [3.63, 3.8) is 0 Å². The van der Waals surface area contributed by atoms with Crippen LogP contribution in [0.1, 0.15) is 17.4 Å². The third-order valence-electron chi connectivity index (χ3n) is 4.55. The molecular weight excluding hydrogens is 531 g/mol. The monoisotopic (exact) mass is 546 g/mol. The summed E-state index contributed by atoms with van der Waals surface area (Å²) in [5.74, 6) is -2.55. The molecule has 0 aliphatic carbocycles. The van der Waals surface area contributed by atoms with Crippen LogP contribution in [-0.2, 0) is 31.5 Å². The summed E-state index contributed by atoms with van der Waals surface area (Å²) in [6, 6.07) is 10.8. The lowest BCUT2D eigenvalue weighted by Gasteiger charge is -2.37. The number of rotatable bonds is 13. The lowest BCUT2D eigenvalue weighted by molar-refractivity contribution is -0.835. The maximum Gasteiger partial charge on any atom is 0.297 e. The summed E-state index contributed by atoms with van der Waals surface area (Å²) in [4.78, 5) is 36.4. The van der Waals surface area contributed by atoms with E-state index in [1.165, 1.54) is 30.6 Å². The van der Waals surface area contributed by atoms with Gasteiger partial charge in [0.1, 0.15) is 0 Å². The van der Waals surface area contributed by atoms with E-state index in [4.69, 9.17) is 54.0 Å². The van der Waals surface area contributed by atoms with Crippen LogP contribution in [0.15, 0.2) is 61.2 Å². The third-order valence-corrected chi connectivity index (χ3v) is 5.35. The van der Waals surface area contributed by atoms with E-state index in [1.54, 1.807) is 24.3 Å². The molecule has 0 fully saturated rings. The fraction of sp³-hybridized carbons (Fsp3) is 0.250. The fourth-order valence-electron chi connectivity index (χ4n) is 3.12. The first-order chi connectivity index (χ1) is 16.7. The Morgan fingerprint density at radius 3 is 2.31 bits per heavy atom. The van der Waals surface area contributed by atoms with E-state index in [9.17, 15) is 20.2 Å². The van der Waals surface area contributed by atoms with E-state index in [0.717, 1.165) is 16.5 Å². The SMILES string of the molecule is O=[N+]([O-])OC(n1ccnc1)C(OCCOCc1ccc(Cl)cc1)(O[N+](=O)[O-])c1ccc(Cl)cc1Cl. The van der Waals surface area contributed by atoms with Crippen LogP contribution in [0.5, 0.6) is 0 Å². The number of nitrogens with zero attached hydrogens (tertiary/aromatic N) is 4. The number of hydrogen-bond acceptors (Lipinski definition) is 9. The molecule has 3 aromatic rings. The third kappa shape index (κ3) is 6.93. The van der Waals surface area contributed by atoms with Crippen molar-refractivity contribution in [1.82, 2.24) is 9.55 Å². The topological polar surface area (TPSA) is 141 Å². The van der Waals surface area contributed by atoms with Crippen molar-refractivity contribution in [2.24, 2.45) is 0 Å². The summed E-state index contributed by atoms with van der Waals surface area (Å²) in [7, 11) is 0. The van der Waals surface area contributed by atoms with Gasteiger partial charge < -0.3 is 14.0 Å². The Balaban J connectivity index is 1.94. The molecule has 2 aromatic carbocycles. The minimum absolute atomic E-state index is 0.0776. The maximum absolute atomic E-state index is 11.6. The van der Waals surface area contributed by atoms with Gasteiger partial charge in [-0.2, -0.15) is 0 Å². The van der Waals surface area contributed by atoms with Crippen LogP contribution in [0.4, 0.5) is 0 Å². The summed E-state index contributed by atoms with van der Waals surface area (Å²) < 4.78 is 12.4. The molecule has 0 N–H and O–H groups in total. The van der Waals surface area contributed by atoms with Crippen molar-refractivity contribution < 1.29 is 29.3 Å². The second-order valence-corrected chi connectivity index (χ2v) is 8.11. The molecule has 0 spiro atoms. The largest absolute Gasteiger partial charge is 0.374 e. The van der Waals surface area contributed by atoms with Crippen LogP contribution in [0.2, 0.25) is 15.1 Å². The van der Waals surface area contributed by atoms with Crippen molar-refractivity contribution >= 4 is 34.8 Å². The van der Waals surface area contributed by atoms with E-state index < -0.39 is 22.2 Å². The molecule has 3 rings (SSSR count). The van der Waals surface area contributed by atoms with Crippen molar-refractivity contribution in [2.45, 2.75) is 18.6 Å². The summed E-state index contributed by atoms with van der Waals surface area (Å²) in [5.41, 5.74) is 0.662. The zero-order valence-corrected chi connectivity index (χ0v) is 19.9. The van der Waals surface area contributed by atoms with Gasteiger partial charge in [0.15, 0.2) is 0 Å². The first-order valence-corrected chi connectivity index (χ1v) is 10.9. The molecular formula is C20H17Cl3N4O8. The molecule has 2 atom stereocenters. The fourth-order valence-corrected chi connectivity index (χ4v) is 3.78. The van der Waals surface area contributed by atoms with Crippen LogP contribution < -0.4 is 0 Å². The Bertz CT molecular complexity index is 1150. The normalized spacial score (nSPS) is 13.6. The molecule has 0 bridgehead atoms. The Kier molecular flexibility index (Phi) is 9.07. The van der Waals surface area contributed by atoms with Gasteiger partial charge in [0, 0.05) is 28.0 Å². The molecule has 35 heavy (non-hydrogen) atoms. The van der Waals surface area contributed by atoms with Gasteiger partial charge in [-0.3, -0.25) is 9.68 Å². The van der Waals surface area contributed by atoms with Crippen LogP contribution >= 0.6 is 34.8 Å². The average Bonchev–Trinajstić information content (AvgIpc) is 3.32. The zero-order chi connectivity index (χ0) is 25.4. The standard InChI is InChI=1S/C20H17Cl3N4O8/c21-15-3-1-14(2-4-15)12-32-9-10-33-20(35-27(30)31,17-6-5-16(22)11-18(17)23)19(34-26(28)29)25-8-7-24-13-25/h1-8,11,13,19H,9-10,12H2. The van der Waals surface area contributed by atoms with Gasteiger partial charge in [-0.1, -0.05) is 53.0 Å². The van der Waals surface area contributed by atoms with Gasteiger partial charge in [0.2, 0.25) is 6.23 Å². The van der Waals surface area contributed by atoms with E-state index in [-0.39, 0.29) is 35.4 Å². The van der Waals surface area contributed by atoms with Crippen LogP contribution in [-0.4, -0.2) is 32.9 Å². The number of halogens is 3. The van der Waals surface area contributed by atoms with E-state index in [2.05, 4.69) is 4.98 Å². The average molecular weight is 548 g/mol. The highest BCUT2D eigenvalue weighted by atomic mass is 35.5. The second-order valence-electron chi connectivity index (χ2n) is 6.83. The van der Waals surface area contributed by atoms with Crippen molar-refractivity contribution in [1.29, 1.82) is 0 Å². The minimum atomic E-state index is -2.55. The molecule has 0 saturated heterocycles. The van der Waals surface area contributed by atoms with Crippen LogP contribution in [0.3, 0.4) is 0 Å². The van der Waals surface area contributed by atoms with Gasteiger partial charge in [0.05, 0.1) is 31.2 Å². The summed E-state index contributed by atoms with van der Waals surface area (Å²) in [6.45, 7) is -0.208. The molecule has 0 aliphatic rings. The smallest absolute Gasteiger partial charge is 0.297 e. The predicted octanol–water partition coefficient (Wildman–Crippen LogP) is 4.84. The van der Waals surface area contributed by atoms with E-state index >= 15 is 0 Å². The molecule has 12 nitrogen and oxygen atoms in total. The summed E-state index contributed by atoms with van der Waals surface area (Å²) in [6.07, 6.45) is 1.82. The summed E-state index contributed by atoms with van der Waals surface area (Å²) >= 11 is 18.1. The van der Waals surface area contributed by atoms with E-state index in [0.29, 0.717) is 5.02 Å². The highest BCUT2D eigenvalue weighted by Crippen LogP contribution is 2.43. The molecule has 0 aliphatic heterocycles. The van der Waals surface area contributed by atoms with Crippen molar-refractivity contribution in [3.8, 4) is 0 Å². The first-order valence-electron chi connectivity index (χ1n) is 9.75. The Morgan fingerprint density at radius 2 is 1.71 bits per heavy atom. The quantitative estimate of drug-likeness (QED) is 0.127. The zero-order valence-electron chi connectivity index (χ0n) is 17.7. The molecule has 0 radical (unpaired) electrons. The van der Waals surface area contributed by atoms with Crippen molar-refractivity contribution in [2.75, 3.05) is 13.2 Å². The summed E-state index contributed by atoms with van der Waals surface area (Å²) in [5, 5.41) is 21.2. The Hall–Kier alpha value is -3.16. The molecule has 0 amide bonds. The van der Waals surface area contributed by atoms with Gasteiger partial charge in [-0.25, -0.2) is 4.98 Å². The van der Waals surface area contributed by atoms with Gasteiger partial charge >= 0.3 is 0 Å². The lowest BCUT2D eigenvalue weighted by atomic mass is 10.0. The van der Waals surface area contributed by atoms with Crippen LogP contribution in [0, 0.1) is 20.2 Å². The maximum atomic E-state index is 11.6. The molecule has 15 heteroatoms. The highest BCUT2D eigenvalue weighted by molar-refractivity contribution is 6.35. The first kappa shape index (κ1) is 26.4. The van der Waals surface area contributed by atoms with Gasteiger partial charge in [-0.15, -0.1) is 20.2 Å². The molecule has 2 unspecified atom stereocenters. The van der Waals surface area contributed by atoms with Gasteiger partial charge in [0.25, 0.3) is 16.0 Å². The number of imidazole rings is 1. The highest BCUT2D eigenvalue weighted by Gasteiger charge is 2.51. The second kappa shape index (κ2) is 12.0. The van der Waals surface area contributed by atoms with Crippen molar-refractivity contribution in [3.05, 3.63) is 108 Å².